The molecule has 0 aliphatic rings. The van der Waals surface area contributed by atoms with Crippen LogP contribution in [0.15, 0.2) is 34.7 Å². The van der Waals surface area contributed by atoms with Crippen LogP contribution in [0.5, 0.6) is 0 Å². The first-order valence-electron chi connectivity index (χ1n) is 7.53. The Morgan fingerprint density at radius 3 is 2.92 bits per heavy atom. The van der Waals surface area contributed by atoms with Crippen LogP contribution in [0.3, 0.4) is 0 Å². The highest BCUT2D eigenvalue weighted by atomic mass is 35.5. The molecule has 0 aliphatic heterocycles. The quantitative estimate of drug-likeness (QED) is 0.655. The summed E-state index contributed by atoms with van der Waals surface area (Å²) >= 11 is 8.85. The van der Waals surface area contributed by atoms with Gasteiger partial charge in [0.2, 0.25) is 5.91 Å². The molecule has 0 unspecified atom stereocenters. The van der Waals surface area contributed by atoms with E-state index < -0.39 is 0 Å². The summed E-state index contributed by atoms with van der Waals surface area (Å²) in [6.07, 6.45) is 1.79. The van der Waals surface area contributed by atoms with E-state index in [1.54, 1.807) is 11.0 Å². The van der Waals surface area contributed by atoms with E-state index in [1.807, 2.05) is 24.4 Å². The number of carbonyl (C=O) groups excluding carboxylic acids is 1. The molecule has 24 heavy (non-hydrogen) atoms. The van der Waals surface area contributed by atoms with E-state index in [0.29, 0.717) is 25.0 Å². The maximum absolute atomic E-state index is 12.4. The summed E-state index contributed by atoms with van der Waals surface area (Å²) in [5, 5.41) is 2.45. The summed E-state index contributed by atoms with van der Waals surface area (Å²) < 4.78 is 2.22. The Bertz CT molecular complexity index is 915. The van der Waals surface area contributed by atoms with Gasteiger partial charge >= 0.3 is 0 Å². The van der Waals surface area contributed by atoms with Gasteiger partial charge in [-0.3, -0.25) is 14.2 Å². The summed E-state index contributed by atoms with van der Waals surface area (Å²) in [6, 6.07) is 5.54. The van der Waals surface area contributed by atoms with Crippen LogP contribution < -0.4 is 5.56 Å². The molecule has 0 saturated carbocycles. The zero-order valence-electron chi connectivity index (χ0n) is 13.1. The molecule has 126 valence electrons. The fourth-order valence-corrected chi connectivity index (χ4v) is 4.25. The highest BCUT2D eigenvalue weighted by molar-refractivity contribution is 7.16. The molecule has 5 nitrogen and oxygen atoms in total. The van der Waals surface area contributed by atoms with E-state index in [0.717, 1.165) is 14.0 Å². The molecule has 0 radical (unpaired) electrons. The maximum Gasteiger partial charge on any atom is 0.262 e. The fourth-order valence-electron chi connectivity index (χ4n) is 2.43. The lowest BCUT2D eigenvalue weighted by Crippen LogP contribution is -2.32. The van der Waals surface area contributed by atoms with Crippen LogP contribution in [-0.2, 0) is 17.9 Å². The maximum atomic E-state index is 12.4. The SMILES string of the molecule is CCN(Cc1ccc(Cl)s1)C(=O)CCn1cnc2sccc2c1=O. The second kappa shape index (κ2) is 7.46. The molecular weight excluding hydrogens is 366 g/mol. The van der Waals surface area contributed by atoms with E-state index in [1.165, 1.54) is 33.6 Å². The largest absolute Gasteiger partial charge is 0.338 e. The lowest BCUT2D eigenvalue weighted by molar-refractivity contribution is -0.131. The molecular formula is C16H16ClN3O2S2. The minimum atomic E-state index is -0.0952. The van der Waals surface area contributed by atoms with Gasteiger partial charge in [-0.25, -0.2) is 4.98 Å². The number of rotatable bonds is 6. The molecule has 0 spiro atoms. The number of fused-ring (bicyclic) bond motifs is 1. The molecule has 3 aromatic rings. The average molecular weight is 382 g/mol. The number of carbonyl (C=O) groups is 1. The Morgan fingerprint density at radius 1 is 1.38 bits per heavy atom. The average Bonchev–Trinajstić information content (AvgIpc) is 3.20. The van der Waals surface area contributed by atoms with E-state index in [9.17, 15) is 9.59 Å². The Hall–Kier alpha value is -1.70. The van der Waals surface area contributed by atoms with Crippen molar-refractivity contribution in [2.45, 2.75) is 26.4 Å². The van der Waals surface area contributed by atoms with Gasteiger partial charge in [-0.2, -0.15) is 0 Å². The van der Waals surface area contributed by atoms with Crippen molar-refractivity contribution in [2.75, 3.05) is 6.54 Å². The smallest absolute Gasteiger partial charge is 0.262 e. The van der Waals surface area contributed by atoms with Gasteiger partial charge in [-0.15, -0.1) is 22.7 Å². The van der Waals surface area contributed by atoms with Crippen molar-refractivity contribution in [1.82, 2.24) is 14.5 Å². The molecule has 3 heterocycles. The van der Waals surface area contributed by atoms with Crippen LogP contribution in [-0.4, -0.2) is 26.9 Å². The lowest BCUT2D eigenvalue weighted by Gasteiger charge is -2.20. The highest BCUT2D eigenvalue weighted by Crippen LogP contribution is 2.23. The van der Waals surface area contributed by atoms with E-state index in [-0.39, 0.29) is 17.9 Å². The summed E-state index contributed by atoms with van der Waals surface area (Å²) in [5.41, 5.74) is -0.0952. The molecule has 0 aliphatic carbocycles. The number of thiophene rings is 2. The van der Waals surface area contributed by atoms with Crippen LogP contribution >= 0.6 is 34.3 Å². The number of amides is 1. The number of hydrogen-bond acceptors (Lipinski definition) is 5. The zero-order valence-corrected chi connectivity index (χ0v) is 15.5. The van der Waals surface area contributed by atoms with Crippen molar-refractivity contribution in [3.8, 4) is 0 Å². The van der Waals surface area contributed by atoms with Gasteiger partial charge in [0, 0.05) is 24.4 Å². The first-order valence-corrected chi connectivity index (χ1v) is 9.60. The summed E-state index contributed by atoms with van der Waals surface area (Å²) in [7, 11) is 0. The number of aryl methyl sites for hydroxylation is 1. The van der Waals surface area contributed by atoms with Gasteiger partial charge in [0.1, 0.15) is 4.83 Å². The van der Waals surface area contributed by atoms with Crippen LogP contribution in [0.1, 0.15) is 18.2 Å². The first kappa shape index (κ1) is 17.1. The third-order valence-corrected chi connectivity index (χ3v) is 5.76. The minimum Gasteiger partial charge on any atom is -0.338 e. The number of halogens is 1. The van der Waals surface area contributed by atoms with Crippen molar-refractivity contribution in [1.29, 1.82) is 0 Å². The summed E-state index contributed by atoms with van der Waals surface area (Å²) in [4.78, 5) is 32.6. The van der Waals surface area contributed by atoms with Gasteiger partial charge in [0.15, 0.2) is 0 Å². The second-order valence-electron chi connectivity index (χ2n) is 5.25. The molecule has 0 atom stereocenters. The number of hydrogen-bond donors (Lipinski definition) is 0. The number of nitrogens with zero attached hydrogens (tertiary/aromatic N) is 3. The molecule has 0 aromatic carbocycles. The van der Waals surface area contributed by atoms with Crippen LogP contribution in [0, 0.1) is 0 Å². The predicted octanol–water partition coefficient (Wildman–Crippen LogP) is 3.61. The van der Waals surface area contributed by atoms with Gasteiger partial charge in [0.25, 0.3) is 5.56 Å². The van der Waals surface area contributed by atoms with Gasteiger partial charge in [0.05, 0.1) is 22.6 Å². The molecule has 3 rings (SSSR count). The summed E-state index contributed by atoms with van der Waals surface area (Å²) in [5.74, 6) is 0.0133. The predicted molar refractivity (Wildman–Crippen MR) is 98.9 cm³/mol. The molecule has 8 heteroatoms. The first-order chi connectivity index (χ1) is 11.6. The lowest BCUT2D eigenvalue weighted by atomic mass is 10.3. The molecule has 0 bridgehead atoms. The molecule has 0 saturated heterocycles. The van der Waals surface area contributed by atoms with Gasteiger partial charge in [-0.05, 0) is 30.5 Å². The monoisotopic (exact) mass is 381 g/mol. The summed E-state index contributed by atoms with van der Waals surface area (Å²) in [6.45, 7) is 3.44. The fraction of sp³-hybridized carbons (Fsp3) is 0.312. The normalized spacial score (nSPS) is 11.1. The Balaban J connectivity index is 1.66. The third-order valence-electron chi connectivity index (χ3n) is 3.73. The van der Waals surface area contributed by atoms with E-state index in [4.69, 9.17) is 11.6 Å². The van der Waals surface area contributed by atoms with Crippen molar-refractivity contribution in [3.63, 3.8) is 0 Å². The molecule has 1 amide bonds. The van der Waals surface area contributed by atoms with Gasteiger partial charge < -0.3 is 4.90 Å². The van der Waals surface area contributed by atoms with E-state index in [2.05, 4.69) is 4.98 Å². The Kier molecular flexibility index (Phi) is 5.33. The van der Waals surface area contributed by atoms with Gasteiger partial charge in [-0.1, -0.05) is 11.6 Å². The Morgan fingerprint density at radius 2 is 2.21 bits per heavy atom. The third kappa shape index (κ3) is 3.68. The molecule has 3 aromatic heterocycles. The van der Waals surface area contributed by atoms with Crippen LogP contribution in [0.25, 0.3) is 10.2 Å². The standard InChI is InChI=1S/C16H16ClN3O2S2/c1-2-19(9-11-3-4-13(17)24-11)14(21)5-7-20-10-18-15-12(16(20)22)6-8-23-15/h3-4,6,8,10H,2,5,7,9H2,1H3. The van der Waals surface area contributed by atoms with Crippen molar-refractivity contribution < 1.29 is 4.79 Å². The molecule has 0 N–H and O–H groups in total. The van der Waals surface area contributed by atoms with Crippen molar-refractivity contribution in [2.24, 2.45) is 0 Å². The van der Waals surface area contributed by atoms with E-state index >= 15 is 0 Å². The highest BCUT2D eigenvalue weighted by Gasteiger charge is 2.14. The molecule has 0 fully saturated rings. The number of aromatic nitrogens is 2. The van der Waals surface area contributed by atoms with Crippen molar-refractivity contribution >= 4 is 50.4 Å². The zero-order chi connectivity index (χ0) is 17.1. The van der Waals surface area contributed by atoms with Crippen molar-refractivity contribution in [3.05, 3.63) is 49.5 Å². The topological polar surface area (TPSA) is 55.2 Å². The van der Waals surface area contributed by atoms with Crippen LogP contribution in [0.2, 0.25) is 4.34 Å². The minimum absolute atomic E-state index is 0.0133. The second-order valence-corrected chi connectivity index (χ2v) is 7.94. The van der Waals surface area contributed by atoms with Crippen LogP contribution in [0.4, 0.5) is 0 Å². The Labute approximate surface area is 152 Å².